The third kappa shape index (κ3) is 4.31. The van der Waals surface area contributed by atoms with E-state index in [9.17, 15) is 19.2 Å². The van der Waals surface area contributed by atoms with Gasteiger partial charge in [0.25, 0.3) is 5.56 Å². The van der Waals surface area contributed by atoms with Crippen LogP contribution in [0.5, 0.6) is 0 Å². The van der Waals surface area contributed by atoms with Crippen LogP contribution in [0.2, 0.25) is 0 Å². The lowest BCUT2D eigenvalue weighted by Crippen LogP contribution is -2.35. The van der Waals surface area contributed by atoms with Crippen molar-refractivity contribution in [2.75, 3.05) is 0 Å². The van der Waals surface area contributed by atoms with Crippen molar-refractivity contribution in [1.82, 2.24) is 14.9 Å². The van der Waals surface area contributed by atoms with Crippen molar-refractivity contribution in [3.05, 3.63) is 45.1 Å². The Kier molecular flexibility index (Phi) is 5.51. The maximum atomic E-state index is 12.0. The first-order chi connectivity index (χ1) is 11.4. The molecule has 1 unspecified atom stereocenters. The Morgan fingerprint density at radius 3 is 2.67 bits per heavy atom. The summed E-state index contributed by atoms with van der Waals surface area (Å²) in [5.74, 6) is -1.20. The summed E-state index contributed by atoms with van der Waals surface area (Å²) in [7, 11) is 0. The monoisotopic (exact) mass is 333 g/mol. The molecule has 0 saturated heterocycles. The van der Waals surface area contributed by atoms with Gasteiger partial charge in [-0.1, -0.05) is 12.1 Å². The van der Waals surface area contributed by atoms with Gasteiger partial charge in [-0.25, -0.2) is 4.79 Å². The molecule has 128 valence electrons. The lowest BCUT2D eigenvalue weighted by molar-refractivity contribution is -0.137. The number of aliphatic carboxylic acids is 1. The number of hydrogen-bond donors (Lipinski definition) is 3. The number of amides is 1. The number of rotatable bonds is 7. The number of carboxylic acid groups (broad SMARTS) is 1. The Morgan fingerprint density at radius 2 is 1.96 bits per heavy atom. The molecule has 0 fully saturated rings. The average molecular weight is 333 g/mol. The van der Waals surface area contributed by atoms with Crippen molar-refractivity contribution >= 4 is 22.8 Å². The normalized spacial score (nSPS) is 12.0. The average Bonchev–Trinajstić information content (AvgIpc) is 2.52. The number of aromatic amines is 1. The van der Waals surface area contributed by atoms with E-state index in [4.69, 9.17) is 5.11 Å². The minimum Gasteiger partial charge on any atom is -0.481 e. The smallest absolute Gasteiger partial charge is 0.328 e. The van der Waals surface area contributed by atoms with Gasteiger partial charge < -0.3 is 10.4 Å². The molecule has 0 aliphatic carbocycles. The quantitative estimate of drug-likeness (QED) is 0.679. The summed E-state index contributed by atoms with van der Waals surface area (Å²) in [5.41, 5.74) is -0.554. The third-order valence-corrected chi connectivity index (χ3v) is 3.67. The zero-order chi connectivity index (χ0) is 17.7. The van der Waals surface area contributed by atoms with E-state index >= 15 is 0 Å². The molecule has 2 aromatic rings. The van der Waals surface area contributed by atoms with E-state index in [1.54, 1.807) is 31.2 Å². The SMILES string of the molecule is CC(CCC(=O)O)NC(=O)CCn1c(=O)[nH]c(=O)c2ccccc21. The van der Waals surface area contributed by atoms with Gasteiger partial charge in [-0.05, 0) is 25.5 Å². The predicted octanol–water partition coefficient (Wildman–Crippen LogP) is 0.449. The highest BCUT2D eigenvalue weighted by Gasteiger charge is 2.11. The standard InChI is InChI=1S/C16H19N3O5/c1-10(6-7-14(21)22)17-13(20)8-9-19-12-5-3-2-4-11(12)15(23)18-16(19)24/h2-5,10H,6-9H2,1H3,(H,17,20)(H,21,22)(H,18,23,24). The Bertz CT molecular complexity index is 868. The first-order valence-electron chi connectivity index (χ1n) is 7.61. The van der Waals surface area contributed by atoms with Crippen molar-refractivity contribution in [2.24, 2.45) is 0 Å². The largest absolute Gasteiger partial charge is 0.481 e. The van der Waals surface area contributed by atoms with Crippen molar-refractivity contribution in [2.45, 2.75) is 38.8 Å². The van der Waals surface area contributed by atoms with Crippen LogP contribution >= 0.6 is 0 Å². The van der Waals surface area contributed by atoms with Gasteiger partial charge in [0.1, 0.15) is 0 Å². The first kappa shape index (κ1) is 17.5. The molecule has 8 heteroatoms. The van der Waals surface area contributed by atoms with Crippen molar-refractivity contribution in [3.63, 3.8) is 0 Å². The van der Waals surface area contributed by atoms with Gasteiger partial charge in [-0.2, -0.15) is 0 Å². The number of benzene rings is 1. The number of carboxylic acids is 1. The predicted molar refractivity (Wildman–Crippen MR) is 87.9 cm³/mol. The number of hydrogen-bond acceptors (Lipinski definition) is 4. The molecule has 1 aromatic heterocycles. The number of carbonyl (C=O) groups is 2. The molecule has 0 aliphatic rings. The molecule has 24 heavy (non-hydrogen) atoms. The maximum absolute atomic E-state index is 12.0. The van der Waals surface area contributed by atoms with Gasteiger partial charge >= 0.3 is 11.7 Å². The molecular weight excluding hydrogens is 314 g/mol. The number of para-hydroxylation sites is 1. The summed E-state index contributed by atoms with van der Waals surface area (Å²) in [6, 6.07) is 6.41. The van der Waals surface area contributed by atoms with Crippen LogP contribution in [-0.2, 0) is 16.1 Å². The lowest BCUT2D eigenvalue weighted by atomic mass is 10.2. The highest BCUT2D eigenvalue weighted by Crippen LogP contribution is 2.07. The van der Waals surface area contributed by atoms with Crippen molar-refractivity contribution in [3.8, 4) is 0 Å². The van der Waals surface area contributed by atoms with Gasteiger partial charge in [0.05, 0.1) is 10.9 Å². The zero-order valence-electron chi connectivity index (χ0n) is 13.2. The van der Waals surface area contributed by atoms with Crippen molar-refractivity contribution < 1.29 is 14.7 Å². The molecule has 1 amide bonds. The van der Waals surface area contributed by atoms with E-state index in [0.29, 0.717) is 17.3 Å². The van der Waals surface area contributed by atoms with Crippen LogP contribution < -0.4 is 16.6 Å². The topological polar surface area (TPSA) is 121 Å². The summed E-state index contributed by atoms with van der Waals surface area (Å²) in [4.78, 5) is 48.4. The fraction of sp³-hybridized carbons (Fsp3) is 0.375. The minimum atomic E-state index is -0.914. The van der Waals surface area contributed by atoms with E-state index < -0.39 is 17.2 Å². The molecule has 1 heterocycles. The number of nitrogens with zero attached hydrogens (tertiary/aromatic N) is 1. The summed E-state index contributed by atoms with van der Waals surface area (Å²) >= 11 is 0. The summed E-state index contributed by atoms with van der Waals surface area (Å²) in [5, 5.41) is 11.7. The second-order valence-electron chi connectivity index (χ2n) is 5.58. The first-order valence-corrected chi connectivity index (χ1v) is 7.61. The van der Waals surface area contributed by atoms with E-state index in [0.717, 1.165) is 0 Å². The minimum absolute atomic E-state index is 0.0224. The van der Waals surface area contributed by atoms with E-state index in [-0.39, 0.29) is 31.3 Å². The van der Waals surface area contributed by atoms with Gasteiger partial charge in [0.2, 0.25) is 5.91 Å². The third-order valence-electron chi connectivity index (χ3n) is 3.67. The highest BCUT2D eigenvalue weighted by atomic mass is 16.4. The van der Waals surface area contributed by atoms with Gasteiger partial charge in [0, 0.05) is 25.4 Å². The Balaban J connectivity index is 2.06. The van der Waals surface area contributed by atoms with E-state index in [1.807, 2.05) is 0 Å². The van der Waals surface area contributed by atoms with Gasteiger partial charge in [-0.3, -0.25) is 23.9 Å². The highest BCUT2D eigenvalue weighted by molar-refractivity contribution is 5.79. The summed E-state index contributed by atoms with van der Waals surface area (Å²) < 4.78 is 1.35. The zero-order valence-corrected chi connectivity index (χ0v) is 13.2. The second kappa shape index (κ2) is 7.58. The molecule has 1 aromatic carbocycles. The number of H-pyrrole nitrogens is 1. The van der Waals surface area contributed by atoms with Crippen LogP contribution in [0.15, 0.2) is 33.9 Å². The van der Waals surface area contributed by atoms with Crippen LogP contribution in [0, 0.1) is 0 Å². The Labute approximate surface area is 137 Å². The number of fused-ring (bicyclic) bond motifs is 1. The molecule has 1 atom stereocenters. The number of aromatic nitrogens is 2. The molecule has 0 saturated carbocycles. The van der Waals surface area contributed by atoms with Crippen LogP contribution in [0.1, 0.15) is 26.2 Å². The lowest BCUT2D eigenvalue weighted by Gasteiger charge is -2.13. The number of nitrogens with one attached hydrogen (secondary N) is 2. The summed E-state index contributed by atoms with van der Waals surface area (Å²) in [6.07, 6.45) is 0.363. The molecule has 2 rings (SSSR count). The van der Waals surface area contributed by atoms with Crippen molar-refractivity contribution in [1.29, 1.82) is 0 Å². The van der Waals surface area contributed by atoms with Gasteiger partial charge in [-0.15, -0.1) is 0 Å². The molecule has 0 bridgehead atoms. The summed E-state index contributed by atoms with van der Waals surface area (Å²) in [6.45, 7) is 1.84. The number of carbonyl (C=O) groups excluding carboxylic acids is 1. The molecule has 0 spiro atoms. The molecule has 8 nitrogen and oxygen atoms in total. The van der Waals surface area contributed by atoms with E-state index in [2.05, 4.69) is 10.3 Å². The molecular formula is C16H19N3O5. The van der Waals surface area contributed by atoms with Crippen LogP contribution in [0.25, 0.3) is 10.9 Å². The van der Waals surface area contributed by atoms with E-state index in [1.165, 1.54) is 4.57 Å². The molecule has 0 aliphatic heterocycles. The number of aryl methyl sites for hydroxylation is 1. The van der Waals surface area contributed by atoms with Gasteiger partial charge in [0.15, 0.2) is 0 Å². The second-order valence-corrected chi connectivity index (χ2v) is 5.58. The van der Waals surface area contributed by atoms with Crippen LogP contribution in [0.4, 0.5) is 0 Å². The maximum Gasteiger partial charge on any atom is 0.328 e. The Hall–Kier alpha value is -2.90. The fourth-order valence-corrected chi connectivity index (χ4v) is 2.44. The van der Waals surface area contributed by atoms with Crippen LogP contribution in [-0.4, -0.2) is 32.6 Å². The fourth-order valence-electron chi connectivity index (χ4n) is 2.44. The molecule has 3 N–H and O–H groups in total. The molecule has 0 radical (unpaired) electrons. The van der Waals surface area contributed by atoms with Crippen LogP contribution in [0.3, 0.4) is 0 Å². The Morgan fingerprint density at radius 1 is 1.25 bits per heavy atom.